The average Bonchev–Trinajstić information content (AvgIpc) is 2.86. The molecule has 0 radical (unpaired) electrons. The predicted octanol–water partition coefficient (Wildman–Crippen LogP) is 2.31. The summed E-state index contributed by atoms with van der Waals surface area (Å²) in [6.07, 6.45) is 3.86. The molecule has 0 aromatic carbocycles. The molecule has 0 amide bonds. The Bertz CT molecular complexity index is 349. The molecule has 2 unspecified atom stereocenters. The summed E-state index contributed by atoms with van der Waals surface area (Å²) in [4.78, 5) is 4.31. The fourth-order valence-electron chi connectivity index (χ4n) is 2.10. The third-order valence-electron chi connectivity index (χ3n) is 3.13. The summed E-state index contributed by atoms with van der Waals surface area (Å²) in [5.74, 6) is 2.22. The maximum absolute atomic E-state index is 5.74. The second-order valence-electron chi connectivity index (χ2n) is 5.07. The van der Waals surface area contributed by atoms with Gasteiger partial charge in [0.1, 0.15) is 6.10 Å². The zero-order valence-electron chi connectivity index (χ0n) is 10.9. The SMILES string of the molecule is CC(C)NCCc1ncc(C2OCCC2C)o1. The molecule has 1 saturated heterocycles. The molecule has 2 rings (SSSR count). The lowest BCUT2D eigenvalue weighted by Crippen LogP contribution is -2.24. The van der Waals surface area contributed by atoms with E-state index < -0.39 is 0 Å². The van der Waals surface area contributed by atoms with Gasteiger partial charge in [-0.25, -0.2) is 4.98 Å². The van der Waals surface area contributed by atoms with Crippen molar-refractivity contribution in [1.82, 2.24) is 10.3 Å². The molecule has 4 heteroatoms. The van der Waals surface area contributed by atoms with E-state index >= 15 is 0 Å². The summed E-state index contributed by atoms with van der Waals surface area (Å²) in [6, 6.07) is 0.502. The minimum Gasteiger partial charge on any atom is -0.443 e. The Labute approximate surface area is 103 Å². The van der Waals surface area contributed by atoms with Gasteiger partial charge in [-0.1, -0.05) is 20.8 Å². The number of nitrogens with zero attached hydrogens (tertiary/aromatic N) is 1. The van der Waals surface area contributed by atoms with Gasteiger partial charge in [-0.05, 0) is 12.3 Å². The number of hydrogen-bond donors (Lipinski definition) is 1. The van der Waals surface area contributed by atoms with Crippen LogP contribution in [-0.2, 0) is 11.2 Å². The van der Waals surface area contributed by atoms with Crippen molar-refractivity contribution in [2.24, 2.45) is 5.92 Å². The highest BCUT2D eigenvalue weighted by molar-refractivity contribution is 5.02. The van der Waals surface area contributed by atoms with Crippen LogP contribution < -0.4 is 5.32 Å². The minimum absolute atomic E-state index is 0.106. The van der Waals surface area contributed by atoms with Crippen LogP contribution >= 0.6 is 0 Å². The average molecular weight is 238 g/mol. The van der Waals surface area contributed by atoms with Gasteiger partial charge in [-0.2, -0.15) is 0 Å². The molecule has 2 atom stereocenters. The summed E-state index contributed by atoms with van der Waals surface area (Å²) in [6.45, 7) is 8.19. The van der Waals surface area contributed by atoms with E-state index in [1.807, 2.05) is 6.20 Å². The van der Waals surface area contributed by atoms with Crippen LogP contribution in [0.25, 0.3) is 0 Å². The van der Waals surface area contributed by atoms with E-state index in [0.717, 1.165) is 37.6 Å². The Balaban J connectivity index is 1.87. The highest BCUT2D eigenvalue weighted by atomic mass is 16.5. The van der Waals surface area contributed by atoms with Crippen molar-refractivity contribution in [3.63, 3.8) is 0 Å². The Kier molecular flexibility index (Phi) is 4.18. The zero-order chi connectivity index (χ0) is 12.3. The Hall–Kier alpha value is -0.870. The molecule has 0 saturated carbocycles. The molecule has 0 bridgehead atoms. The second kappa shape index (κ2) is 5.65. The van der Waals surface area contributed by atoms with E-state index in [9.17, 15) is 0 Å². The molecule has 2 heterocycles. The summed E-state index contributed by atoms with van der Waals surface area (Å²) in [5, 5.41) is 3.35. The van der Waals surface area contributed by atoms with Crippen molar-refractivity contribution in [1.29, 1.82) is 0 Å². The quantitative estimate of drug-likeness (QED) is 0.855. The number of nitrogens with one attached hydrogen (secondary N) is 1. The number of aromatic nitrogens is 1. The monoisotopic (exact) mass is 238 g/mol. The van der Waals surface area contributed by atoms with Gasteiger partial charge >= 0.3 is 0 Å². The fourth-order valence-corrected chi connectivity index (χ4v) is 2.10. The van der Waals surface area contributed by atoms with Crippen LogP contribution in [0.1, 0.15) is 44.9 Å². The van der Waals surface area contributed by atoms with Crippen LogP contribution in [0.2, 0.25) is 0 Å². The lowest BCUT2D eigenvalue weighted by Gasteiger charge is -2.10. The van der Waals surface area contributed by atoms with Crippen LogP contribution in [0.5, 0.6) is 0 Å². The highest BCUT2D eigenvalue weighted by Crippen LogP contribution is 2.34. The first-order chi connectivity index (χ1) is 8.16. The predicted molar refractivity (Wildman–Crippen MR) is 65.8 cm³/mol. The highest BCUT2D eigenvalue weighted by Gasteiger charge is 2.28. The standard InChI is InChI=1S/C13H22N2O2/c1-9(2)14-6-4-12-15-8-11(17-12)13-10(3)5-7-16-13/h8-10,13-14H,4-7H2,1-3H3. The first-order valence-corrected chi connectivity index (χ1v) is 6.46. The Morgan fingerprint density at radius 3 is 3.00 bits per heavy atom. The maximum Gasteiger partial charge on any atom is 0.195 e. The molecule has 1 aliphatic rings. The van der Waals surface area contributed by atoms with E-state index in [2.05, 4.69) is 31.1 Å². The third-order valence-corrected chi connectivity index (χ3v) is 3.13. The molecular formula is C13H22N2O2. The molecule has 17 heavy (non-hydrogen) atoms. The van der Waals surface area contributed by atoms with Crippen LogP contribution in [0, 0.1) is 5.92 Å². The Morgan fingerprint density at radius 1 is 1.53 bits per heavy atom. The van der Waals surface area contributed by atoms with Crippen LogP contribution in [0.15, 0.2) is 10.6 Å². The second-order valence-corrected chi connectivity index (χ2v) is 5.07. The zero-order valence-corrected chi connectivity index (χ0v) is 10.9. The molecule has 4 nitrogen and oxygen atoms in total. The first kappa shape index (κ1) is 12.6. The molecular weight excluding hydrogens is 216 g/mol. The van der Waals surface area contributed by atoms with Gasteiger partial charge < -0.3 is 14.5 Å². The van der Waals surface area contributed by atoms with E-state index in [4.69, 9.17) is 9.15 Å². The summed E-state index contributed by atoms with van der Waals surface area (Å²) >= 11 is 0. The van der Waals surface area contributed by atoms with Gasteiger partial charge in [-0.15, -0.1) is 0 Å². The van der Waals surface area contributed by atoms with E-state index in [0.29, 0.717) is 12.0 Å². The summed E-state index contributed by atoms with van der Waals surface area (Å²) < 4.78 is 11.4. The Morgan fingerprint density at radius 2 is 2.35 bits per heavy atom. The number of ether oxygens (including phenoxy) is 1. The molecule has 96 valence electrons. The fraction of sp³-hybridized carbons (Fsp3) is 0.769. The number of rotatable bonds is 5. The molecule has 1 fully saturated rings. The van der Waals surface area contributed by atoms with E-state index in [-0.39, 0.29) is 6.10 Å². The lowest BCUT2D eigenvalue weighted by atomic mass is 10.0. The smallest absolute Gasteiger partial charge is 0.195 e. The van der Waals surface area contributed by atoms with Crippen molar-refractivity contribution in [2.45, 2.75) is 45.8 Å². The maximum atomic E-state index is 5.74. The molecule has 1 aromatic heterocycles. The topological polar surface area (TPSA) is 47.3 Å². The summed E-state index contributed by atoms with van der Waals surface area (Å²) in [7, 11) is 0. The largest absolute Gasteiger partial charge is 0.443 e. The van der Waals surface area contributed by atoms with Gasteiger partial charge in [-0.3, -0.25) is 0 Å². The molecule has 1 N–H and O–H groups in total. The number of hydrogen-bond acceptors (Lipinski definition) is 4. The van der Waals surface area contributed by atoms with Gasteiger partial charge in [0.2, 0.25) is 0 Å². The van der Waals surface area contributed by atoms with Crippen molar-refractivity contribution in [3.8, 4) is 0 Å². The molecule has 0 aliphatic carbocycles. The van der Waals surface area contributed by atoms with Crippen molar-refractivity contribution >= 4 is 0 Å². The normalized spacial score (nSPS) is 24.7. The minimum atomic E-state index is 0.106. The van der Waals surface area contributed by atoms with Crippen LogP contribution in [-0.4, -0.2) is 24.2 Å². The van der Waals surface area contributed by atoms with Gasteiger partial charge in [0.15, 0.2) is 11.7 Å². The van der Waals surface area contributed by atoms with Gasteiger partial charge in [0.25, 0.3) is 0 Å². The van der Waals surface area contributed by atoms with Gasteiger partial charge in [0.05, 0.1) is 6.20 Å². The first-order valence-electron chi connectivity index (χ1n) is 6.46. The van der Waals surface area contributed by atoms with Crippen molar-refractivity contribution < 1.29 is 9.15 Å². The number of oxazole rings is 1. The van der Waals surface area contributed by atoms with E-state index in [1.54, 1.807) is 0 Å². The third kappa shape index (κ3) is 3.30. The van der Waals surface area contributed by atoms with Crippen LogP contribution in [0.3, 0.4) is 0 Å². The van der Waals surface area contributed by atoms with Crippen LogP contribution in [0.4, 0.5) is 0 Å². The van der Waals surface area contributed by atoms with Crippen molar-refractivity contribution in [3.05, 3.63) is 17.8 Å². The molecule has 0 spiro atoms. The van der Waals surface area contributed by atoms with Crippen molar-refractivity contribution in [2.75, 3.05) is 13.2 Å². The summed E-state index contributed by atoms with van der Waals surface area (Å²) in [5.41, 5.74) is 0. The van der Waals surface area contributed by atoms with E-state index in [1.165, 1.54) is 0 Å². The lowest BCUT2D eigenvalue weighted by molar-refractivity contribution is 0.0749. The molecule has 1 aliphatic heterocycles. The van der Waals surface area contributed by atoms with Gasteiger partial charge in [0, 0.05) is 25.6 Å². The molecule has 1 aromatic rings.